The van der Waals surface area contributed by atoms with Crippen LogP contribution in [0.25, 0.3) is 0 Å². The van der Waals surface area contributed by atoms with Gasteiger partial charge in [0, 0.05) is 6.20 Å². The molecule has 0 fully saturated rings. The molecule has 0 saturated carbocycles. The molecule has 0 atom stereocenters. The quantitative estimate of drug-likeness (QED) is 0.260. The molecule has 0 rings (SSSR count). The normalized spacial score (nSPS) is 9.80. The van der Waals surface area contributed by atoms with Crippen LogP contribution in [-0.2, 0) is 0 Å². The summed E-state index contributed by atoms with van der Waals surface area (Å²) in [6.45, 7) is 7.17. The van der Waals surface area contributed by atoms with Gasteiger partial charge in [0.05, 0.1) is 5.16 Å². The monoisotopic (exact) mass is 151 g/mol. The molecule has 0 amide bonds. The minimum atomic E-state index is 0.768. The van der Waals surface area contributed by atoms with E-state index in [1.54, 1.807) is 18.4 Å². The van der Waals surface area contributed by atoms with Crippen molar-refractivity contribution in [1.29, 1.82) is 0 Å². The summed E-state index contributed by atoms with van der Waals surface area (Å²) in [5.74, 6) is 0. The fourth-order valence-corrected chi connectivity index (χ4v) is 0.517. The molecule has 0 aromatic rings. The Hall–Kier alpha value is -0.980. The number of rotatable bonds is 4. The van der Waals surface area contributed by atoms with Gasteiger partial charge in [0.1, 0.15) is 0 Å². The van der Waals surface area contributed by atoms with Crippen molar-refractivity contribution in [2.75, 3.05) is 0 Å². The van der Waals surface area contributed by atoms with E-state index in [9.17, 15) is 0 Å². The van der Waals surface area contributed by atoms with Crippen LogP contribution in [0.1, 0.15) is 6.42 Å². The molecular formula is C8H9NS. The molecule has 0 heterocycles. The molecule has 0 aliphatic rings. The first-order valence-electron chi connectivity index (χ1n) is 2.84. The van der Waals surface area contributed by atoms with Crippen LogP contribution in [0, 0.1) is 0 Å². The van der Waals surface area contributed by atoms with Crippen molar-refractivity contribution >= 4 is 17.4 Å². The third kappa shape index (κ3) is 3.96. The summed E-state index contributed by atoms with van der Waals surface area (Å²) in [6.07, 6.45) is 5.90. The van der Waals surface area contributed by atoms with Gasteiger partial charge >= 0.3 is 0 Å². The molecule has 10 heavy (non-hydrogen) atoms. The van der Waals surface area contributed by atoms with Crippen LogP contribution in [0.3, 0.4) is 0 Å². The fourth-order valence-electron chi connectivity index (χ4n) is 0.465. The Morgan fingerprint density at radius 2 is 2.30 bits per heavy atom. The van der Waals surface area contributed by atoms with Gasteiger partial charge in [0.15, 0.2) is 0 Å². The average Bonchev–Trinajstić information content (AvgIpc) is 1.98. The smallest absolute Gasteiger partial charge is 0.0634 e. The summed E-state index contributed by atoms with van der Waals surface area (Å²) in [5, 5.41) is 2.24. The lowest BCUT2D eigenvalue weighted by atomic mass is 10.2. The van der Waals surface area contributed by atoms with E-state index < -0.39 is 0 Å². The number of isothiocyanates is 1. The minimum absolute atomic E-state index is 0.768. The fraction of sp³-hybridized carbons (Fsp3) is 0.125. The second-order valence-corrected chi connectivity index (χ2v) is 1.80. The highest BCUT2D eigenvalue weighted by atomic mass is 32.1. The zero-order valence-corrected chi connectivity index (χ0v) is 6.53. The third-order valence-corrected chi connectivity index (χ3v) is 1.03. The van der Waals surface area contributed by atoms with Gasteiger partial charge in [0.25, 0.3) is 0 Å². The Labute approximate surface area is 66.5 Å². The zero-order chi connectivity index (χ0) is 7.82. The maximum Gasteiger partial charge on any atom is 0.0634 e. The second-order valence-electron chi connectivity index (χ2n) is 1.62. The van der Waals surface area contributed by atoms with Crippen molar-refractivity contribution in [3.63, 3.8) is 0 Å². The van der Waals surface area contributed by atoms with Crippen molar-refractivity contribution in [2.24, 2.45) is 4.99 Å². The summed E-state index contributed by atoms with van der Waals surface area (Å²) >= 11 is 4.38. The molecule has 1 nitrogen and oxygen atoms in total. The van der Waals surface area contributed by atoms with Gasteiger partial charge in [-0.1, -0.05) is 18.7 Å². The summed E-state index contributed by atoms with van der Waals surface area (Å²) in [4.78, 5) is 3.65. The number of aliphatic imine (C=N–C) groups is 1. The van der Waals surface area contributed by atoms with Crippen molar-refractivity contribution < 1.29 is 0 Å². The van der Waals surface area contributed by atoms with Crippen LogP contribution in [0.4, 0.5) is 0 Å². The number of hydrogen-bond donors (Lipinski definition) is 0. The van der Waals surface area contributed by atoms with Crippen molar-refractivity contribution in [3.05, 3.63) is 37.1 Å². The molecule has 0 aliphatic heterocycles. The molecule has 0 radical (unpaired) electrons. The summed E-state index contributed by atoms with van der Waals surface area (Å²) in [7, 11) is 0. The first-order valence-corrected chi connectivity index (χ1v) is 3.25. The predicted molar refractivity (Wildman–Crippen MR) is 48.1 cm³/mol. The van der Waals surface area contributed by atoms with Crippen LogP contribution in [0.5, 0.6) is 0 Å². The second kappa shape index (κ2) is 6.14. The number of nitrogens with zero attached hydrogens (tertiary/aromatic N) is 1. The molecule has 2 heteroatoms. The van der Waals surface area contributed by atoms with Crippen molar-refractivity contribution in [3.8, 4) is 0 Å². The molecule has 0 aliphatic carbocycles. The van der Waals surface area contributed by atoms with Gasteiger partial charge in [-0.05, 0) is 24.2 Å². The molecule has 0 unspecified atom stereocenters. The van der Waals surface area contributed by atoms with Crippen LogP contribution in [0.2, 0.25) is 0 Å². The van der Waals surface area contributed by atoms with E-state index in [2.05, 4.69) is 35.5 Å². The maximum absolute atomic E-state index is 4.38. The Morgan fingerprint density at radius 1 is 1.60 bits per heavy atom. The van der Waals surface area contributed by atoms with Crippen LogP contribution in [0.15, 0.2) is 42.1 Å². The highest BCUT2D eigenvalue weighted by molar-refractivity contribution is 7.78. The molecule has 0 aromatic heterocycles. The van der Waals surface area contributed by atoms with Gasteiger partial charge in [-0.15, -0.1) is 6.58 Å². The first-order chi connectivity index (χ1) is 4.85. The summed E-state index contributed by atoms with van der Waals surface area (Å²) in [6, 6.07) is 0. The first kappa shape index (κ1) is 9.02. The third-order valence-electron chi connectivity index (χ3n) is 0.925. The zero-order valence-electron chi connectivity index (χ0n) is 5.71. The standard InChI is InChI=1S/C8H9NS/c1-3-5-8(4-2)6-9-7-10/h3-4,6H,1-2,5H2/b8-6-. The molecule has 52 valence electrons. The highest BCUT2D eigenvalue weighted by Crippen LogP contribution is 2.01. The minimum Gasteiger partial charge on any atom is -0.202 e. The Morgan fingerprint density at radius 3 is 2.70 bits per heavy atom. The molecule has 0 spiro atoms. The van der Waals surface area contributed by atoms with Gasteiger partial charge < -0.3 is 0 Å². The van der Waals surface area contributed by atoms with E-state index in [1.807, 2.05) is 0 Å². The summed E-state index contributed by atoms with van der Waals surface area (Å²) < 4.78 is 0. The van der Waals surface area contributed by atoms with E-state index in [-0.39, 0.29) is 0 Å². The Kier molecular flexibility index (Phi) is 5.54. The lowest BCUT2D eigenvalue weighted by molar-refractivity contribution is 1.27. The topological polar surface area (TPSA) is 12.4 Å². The van der Waals surface area contributed by atoms with Crippen LogP contribution >= 0.6 is 12.2 Å². The van der Waals surface area contributed by atoms with E-state index in [0.717, 1.165) is 12.0 Å². The molecule has 0 saturated heterocycles. The van der Waals surface area contributed by atoms with Crippen molar-refractivity contribution in [1.82, 2.24) is 0 Å². The van der Waals surface area contributed by atoms with Gasteiger partial charge in [-0.3, -0.25) is 0 Å². The Bertz CT molecular complexity index is 197. The maximum atomic E-state index is 4.38. The largest absolute Gasteiger partial charge is 0.202 e. The summed E-state index contributed by atoms with van der Waals surface area (Å²) in [5.41, 5.74) is 0.993. The predicted octanol–water partition coefficient (Wildman–Crippen LogP) is 2.74. The Balaban J connectivity index is 4.15. The lowest BCUT2D eigenvalue weighted by Crippen LogP contribution is -1.71. The number of hydrogen-bond acceptors (Lipinski definition) is 2. The van der Waals surface area contributed by atoms with E-state index in [1.165, 1.54) is 0 Å². The van der Waals surface area contributed by atoms with Crippen LogP contribution in [-0.4, -0.2) is 5.16 Å². The average molecular weight is 151 g/mol. The molecule has 0 N–H and O–H groups in total. The van der Waals surface area contributed by atoms with E-state index >= 15 is 0 Å². The molecule has 0 aromatic carbocycles. The van der Waals surface area contributed by atoms with Crippen LogP contribution < -0.4 is 0 Å². The van der Waals surface area contributed by atoms with Gasteiger partial charge in [-0.25, -0.2) is 4.99 Å². The highest BCUT2D eigenvalue weighted by Gasteiger charge is 1.83. The van der Waals surface area contributed by atoms with E-state index in [0.29, 0.717) is 0 Å². The molecule has 0 bridgehead atoms. The SMILES string of the molecule is C=CC/C(C=C)=C\N=C=S. The van der Waals surface area contributed by atoms with E-state index in [4.69, 9.17) is 0 Å². The van der Waals surface area contributed by atoms with Gasteiger partial charge in [-0.2, -0.15) is 0 Å². The van der Waals surface area contributed by atoms with Crippen molar-refractivity contribution in [2.45, 2.75) is 6.42 Å². The number of allylic oxidation sites excluding steroid dienone is 3. The van der Waals surface area contributed by atoms with Gasteiger partial charge in [0.2, 0.25) is 0 Å². The lowest BCUT2D eigenvalue weighted by Gasteiger charge is -1.89. The molecular weight excluding hydrogens is 142 g/mol. The number of thiocarbonyl (C=S) groups is 1.